The van der Waals surface area contributed by atoms with Crippen molar-refractivity contribution in [3.8, 4) is 0 Å². The number of carbonyl (C=O) groups excluding carboxylic acids is 1. The Kier molecular flexibility index (Phi) is 4.83. The van der Waals surface area contributed by atoms with Crippen LogP contribution in [0.4, 0.5) is 0 Å². The molecule has 0 aliphatic rings. The highest BCUT2D eigenvalue weighted by atomic mass is 16.1. The molecule has 0 aromatic rings. The molecule has 84 valence electrons. The molecule has 0 N–H and O–H groups in total. The zero-order valence-electron chi connectivity index (χ0n) is 10.8. The Bertz CT molecular complexity index is 184. The van der Waals surface area contributed by atoms with E-state index in [4.69, 9.17) is 0 Å². The highest BCUT2D eigenvalue weighted by molar-refractivity contribution is 5.82. The Labute approximate surface area is 89.3 Å². The smallest absolute Gasteiger partial charge is 0.137 e. The molecule has 0 saturated heterocycles. The van der Waals surface area contributed by atoms with Crippen molar-refractivity contribution in [1.29, 1.82) is 0 Å². The average Bonchev–Trinajstić information content (AvgIpc) is 1.78. The predicted octanol–water partition coefficient (Wildman–Crippen LogP) is 3.92. The number of rotatable bonds is 4. The molecule has 0 heterocycles. The highest BCUT2D eigenvalue weighted by Gasteiger charge is 2.33. The Morgan fingerprint density at radius 1 is 1.07 bits per heavy atom. The zero-order valence-corrected chi connectivity index (χ0v) is 10.8. The molecule has 14 heavy (non-hydrogen) atoms. The molecule has 0 amide bonds. The van der Waals surface area contributed by atoms with Gasteiger partial charge in [-0.25, -0.2) is 0 Å². The third kappa shape index (κ3) is 4.26. The van der Waals surface area contributed by atoms with Crippen LogP contribution in [0.15, 0.2) is 0 Å². The lowest BCUT2D eigenvalue weighted by Gasteiger charge is -2.33. The minimum atomic E-state index is 0.0974. The average molecular weight is 198 g/mol. The van der Waals surface area contributed by atoms with E-state index in [2.05, 4.69) is 48.5 Å². The van der Waals surface area contributed by atoms with Crippen molar-refractivity contribution in [2.24, 2.45) is 23.2 Å². The standard InChI is InChI=1S/C13H26O/c1-9(2)8-11(14)12(10(3)4)13(5,6)7/h9-10,12H,8H2,1-7H3/t12-/m1/s1. The summed E-state index contributed by atoms with van der Waals surface area (Å²) in [5, 5.41) is 0. The molecule has 0 radical (unpaired) electrons. The van der Waals surface area contributed by atoms with Crippen LogP contribution >= 0.6 is 0 Å². The van der Waals surface area contributed by atoms with Crippen LogP contribution in [0.2, 0.25) is 0 Å². The summed E-state index contributed by atoms with van der Waals surface area (Å²) in [5.41, 5.74) is 0.0974. The first-order chi connectivity index (χ1) is 6.16. The van der Waals surface area contributed by atoms with E-state index < -0.39 is 0 Å². The fourth-order valence-corrected chi connectivity index (χ4v) is 2.38. The number of hydrogen-bond donors (Lipinski definition) is 0. The third-order valence-electron chi connectivity index (χ3n) is 2.56. The van der Waals surface area contributed by atoms with Crippen molar-refractivity contribution in [3.05, 3.63) is 0 Å². The molecule has 0 fully saturated rings. The zero-order chi connectivity index (χ0) is 11.5. The Morgan fingerprint density at radius 2 is 1.50 bits per heavy atom. The topological polar surface area (TPSA) is 17.1 Å². The Hall–Kier alpha value is -0.330. The van der Waals surface area contributed by atoms with Crippen LogP contribution in [-0.4, -0.2) is 5.78 Å². The summed E-state index contributed by atoms with van der Waals surface area (Å²) >= 11 is 0. The molecule has 0 bridgehead atoms. The molecule has 0 spiro atoms. The maximum atomic E-state index is 12.0. The molecule has 0 aromatic heterocycles. The fourth-order valence-electron chi connectivity index (χ4n) is 2.38. The molecule has 0 rings (SSSR count). The lowest BCUT2D eigenvalue weighted by atomic mass is 9.70. The molecular formula is C13H26O. The molecule has 0 unspecified atom stereocenters. The van der Waals surface area contributed by atoms with Crippen molar-refractivity contribution >= 4 is 5.78 Å². The normalized spacial score (nSPS) is 14.9. The number of hydrogen-bond acceptors (Lipinski definition) is 1. The van der Waals surface area contributed by atoms with Crippen molar-refractivity contribution in [1.82, 2.24) is 0 Å². The van der Waals surface area contributed by atoms with Gasteiger partial charge in [-0.15, -0.1) is 0 Å². The second kappa shape index (κ2) is 4.95. The summed E-state index contributed by atoms with van der Waals surface area (Å²) in [6.45, 7) is 15.0. The summed E-state index contributed by atoms with van der Waals surface area (Å²) in [7, 11) is 0. The van der Waals surface area contributed by atoms with E-state index in [9.17, 15) is 4.79 Å². The molecule has 0 saturated carbocycles. The van der Waals surface area contributed by atoms with Gasteiger partial charge in [-0.3, -0.25) is 4.79 Å². The summed E-state index contributed by atoms with van der Waals surface area (Å²) in [4.78, 5) is 12.0. The van der Waals surface area contributed by atoms with Crippen molar-refractivity contribution in [2.45, 2.75) is 54.9 Å². The maximum Gasteiger partial charge on any atom is 0.137 e. The van der Waals surface area contributed by atoms with Gasteiger partial charge < -0.3 is 0 Å². The maximum absolute atomic E-state index is 12.0. The van der Waals surface area contributed by atoms with Gasteiger partial charge >= 0.3 is 0 Å². The van der Waals surface area contributed by atoms with Crippen LogP contribution in [0.25, 0.3) is 0 Å². The van der Waals surface area contributed by atoms with E-state index in [0.717, 1.165) is 6.42 Å². The quantitative estimate of drug-likeness (QED) is 0.669. The minimum absolute atomic E-state index is 0.0974. The van der Waals surface area contributed by atoms with Gasteiger partial charge in [0.15, 0.2) is 0 Å². The largest absolute Gasteiger partial charge is 0.299 e. The number of Topliss-reactive ketones (excluding diaryl/α,β-unsaturated/α-hetero) is 1. The minimum Gasteiger partial charge on any atom is -0.299 e. The van der Waals surface area contributed by atoms with Gasteiger partial charge in [0, 0.05) is 12.3 Å². The van der Waals surface area contributed by atoms with Crippen molar-refractivity contribution in [2.75, 3.05) is 0 Å². The van der Waals surface area contributed by atoms with E-state index >= 15 is 0 Å². The Balaban J connectivity index is 4.60. The first kappa shape index (κ1) is 13.7. The lowest BCUT2D eigenvalue weighted by molar-refractivity contribution is -0.128. The van der Waals surface area contributed by atoms with Crippen LogP contribution in [0.3, 0.4) is 0 Å². The second-order valence-electron chi connectivity index (χ2n) is 6.15. The Morgan fingerprint density at radius 3 is 1.71 bits per heavy atom. The summed E-state index contributed by atoms with van der Waals surface area (Å²) in [6, 6.07) is 0. The van der Waals surface area contributed by atoms with Crippen LogP contribution in [0, 0.1) is 23.2 Å². The lowest BCUT2D eigenvalue weighted by Crippen LogP contribution is -2.33. The number of carbonyl (C=O) groups is 1. The first-order valence-electron chi connectivity index (χ1n) is 5.69. The van der Waals surface area contributed by atoms with Crippen LogP contribution < -0.4 is 0 Å². The second-order valence-corrected chi connectivity index (χ2v) is 6.15. The fraction of sp³-hybridized carbons (Fsp3) is 0.923. The van der Waals surface area contributed by atoms with E-state index in [1.54, 1.807) is 0 Å². The molecule has 1 heteroatoms. The summed E-state index contributed by atoms with van der Waals surface area (Å²) in [5.74, 6) is 1.56. The van der Waals surface area contributed by atoms with Crippen molar-refractivity contribution in [3.63, 3.8) is 0 Å². The van der Waals surface area contributed by atoms with Gasteiger partial charge in [0.25, 0.3) is 0 Å². The van der Waals surface area contributed by atoms with Gasteiger partial charge in [0.1, 0.15) is 5.78 Å². The summed E-state index contributed by atoms with van der Waals surface area (Å²) in [6.07, 6.45) is 0.722. The van der Waals surface area contributed by atoms with Gasteiger partial charge in [-0.05, 0) is 17.3 Å². The van der Waals surface area contributed by atoms with Gasteiger partial charge in [-0.2, -0.15) is 0 Å². The van der Waals surface area contributed by atoms with Gasteiger partial charge in [0.05, 0.1) is 0 Å². The SMILES string of the molecule is CC(C)CC(=O)[C@@H](C(C)C)C(C)(C)C. The molecule has 1 nitrogen and oxygen atoms in total. The molecule has 0 aromatic carbocycles. The van der Waals surface area contributed by atoms with Gasteiger partial charge in [0.2, 0.25) is 0 Å². The van der Waals surface area contributed by atoms with Crippen LogP contribution in [0.1, 0.15) is 54.9 Å². The van der Waals surface area contributed by atoms with E-state index in [0.29, 0.717) is 17.6 Å². The predicted molar refractivity (Wildman–Crippen MR) is 62.2 cm³/mol. The van der Waals surface area contributed by atoms with Gasteiger partial charge in [-0.1, -0.05) is 48.5 Å². The molecular weight excluding hydrogens is 172 g/mol. The van der Waals surface area contributed by atoms with Crippen LogP contribution in [-0.2, 0) is 4.79 Å². The summed E-state index contributed by atoms with van der Waals surface area (Å²) < 4.78 is 0. The van der Waals surface area contributed by atoms with Crippen LogP contribution in [0.5, 0.6) is 0 Å². The molecule has 1 atom stereocenters. The van der Waals surface area contributed by atoms with E-state index in [1.165, 1.54) is 0 Å². The third-order valence-corrected chi connectivity index (χ3v) is 2.56. The molecule has 0 aliphatic heterocycles. The highest BCUT2D eigenvalue weighted by Crippen LogP contribution is 2.34. The first-order valence-corrected chi connectivity index (χ1v) is 5.69. The van der Waals surface area contributed by atoms with E-state index in [1.807, 2.05) is 0 Å². The monoisotopic (exact) mass is 198 g/mol. The molecule has 0 aliphatic carbocycles. The number of ketones is 1. The van der Waals surface area contributed by atoms with Crippen molar-refractivity contribution < 1.29 is 4.79 Å². The van der Waals surface area contributed by atoms with E-state index in [-0.39, 0.29) is 11.3 Å².